The molecule has 3 heterocycles. The van der Waals surface area contributed by atoms with Gasteiger partial charge in [0.25, 0.3) is 0 Å². The monoisotopic (exact) mass is 498 g/mol. The molecule has 1 aliphatic heterocycles. The summed E-state index contributed by atoms with van der Waals surface area (Å²) in [5, 5.41) is 12.4. The number of carbonyl (C=O) groups excluding carboxylic acids is 2. The lowest BCUT2D eigenvalue weighted by Crippen LogP contribution is -2.46. The van der Waals surface area contributed by atoms with E-state index in [1.54, 1.807) is 14.0 Å². The molecule has 0 spiro atoms. The molecule has 0 bridgehead atoms. The summed E-state index contributed by atoms with van der Waals surface area (Å²) in [6.45, 7) is 2.68. The number of rotatable bonds is 7. The highest BCUT2D eigenvalue weighted by atomic mass is 35.5. The molecule has 33 heavy (non-hydrogen) atoms. The Morgan fingerprint density at radius 3 is 2.61 bits per heavy atom. The maximum Gasteiger partial charge on any atom is 0.411 e. The number of aromatic amines is 1. The van der Waals surface area contributed by atoms with Crippen LogP contribution in [-0.2, 0) is 9.47 Å². The maximum atomic E-state index is 12.8. The van der Waals surface area contributed by atoms with E-state index in [1.807, 2.05) is 4.90 Å². The van der Waals surface area contributed by atoms with Crippen molar-refractivity contribution in [3.05, 3.63) is 39.3 Å². The number of pyridine rings is 1. The molecule has 12 heteroatoms. The van der Waals surface area contributed by atoms with Crippen molar-refractivity contribution in [1.29, 1.82) is 0 Å². The first kappa shape index (κ1) is 24.8. The second-order valence-electron chi connectivity index (χ2n) is 7.66. The summed E-state index contributed by atoms with van der Waals surface area (Å²) in [5.74, 6) is -1.02. The number of amides is 1. The SMILES string of the molecule is COC(=O)Nc1cnc(N2CCC(CC(=O)c3[nH]c(C)c(Cl)c3Cl)C(OC)C2)cc1C(=O)O. The van der Waals surface area contributed by atoms with Gasteiger partial charge in [-0.1, -0.05) is 23.2 Å². The van der Waals surface area contributed by atoms with E-state index in [2.05, 4.69) is 20.0 Å². The number of hydrogen-bond donors (Lipinski definition) is 3. The lowest BCUT2D eigenvalue weighted by Gasteiger charge is -2.38. The number of Topliss-reactive ketones (excluding diaryl/α,β-unsaturated/α-hetero) is 1. The number of carboxylic acids is 1. The molecule has 0 radical (unpaired) electrons. The van der Waals surface area contributed by atoms with Crippen molar-refractivity contribution < 1.29 is 29.0 Å². The number of methoxy groups -OCH3 is 2. The summed E-state index contributed by atoms with van der Waals surface area (Å²) >= 11 is 12.3. The zero-order valence-electron chi connectivity index (χ0n) is 18.3. The summed E-state index contributed by atoms with van der Waals surface area (Å²) in [6.07, 6.45) is 1.01. The van der Waals surface area contributed by atoms with E-state index < -0.39 is 12.1 Å². The Balaban J connectivity index is 1.74. The first-order valence-corrected chi connectivity index (χ1v) is 10.8. The molecular formula is C21H24Cl2N4O6. The van der Waals surface area contributed by atoms with Crippen LogP contribution in [0.4, 0.5) is 16.3 Å². The third-order valence-corrected chi connectivity index (χ3v) is 6.59. The predicted molar refractivity (Wildman–Crippen MR) is 123 cm³/mol. The Morgan fingerprint density at radius 1 is 1.30 bits per heavy atom. The number of nitrogens with one attached hydrogen (secondary N) is 2. The molecule has 1 saturated heterocycles. The minimum Gasteiger partial charge on any atom is -0.478 e. The summed E-state index contributed by atoms with van der Waals surface area (Å²) in [4.78, 5) is 45.1. The van der Waals surface area contributed by atoms with Crippen LogP contribution in [0.3, 0.4) is 0 Å². The highest BCUT2D eigenvalue weighted by Gasteiger charge is 2.33. The fourth-order valence-corrected chi connectivity index (χ4v) is 4.27. The second-order valence-corrected chi connectivity index (χ2v) is 8.41. The van der Waals surface area contributed by atoms with E-state index in [1.165, 1.54) is 19.4 Å². The van der Waals surface area contributed by atoms with E-state index in [4.69, 9.17) is 27.9 Å². The molecular weight excluding hydrogens is 475 g/mol. The smallest absolute Gasteiger partial charge is 0.411 e. The number of aromatic carboxylic acids is 1. The summed E-state index contributed by atoms with van der Waals surface area (Å²) in [5.41, 5.74) is 0.829. The lowest BCUT2D eigenvalue weighted by atomic mass is 9.88. The van der Waals surface area contributed by atoms with Crippen LogP contribution in [0.2, 0.25) is 10.0 Å². The van der Waals surface area contributed by atoms with E-state index >= 15 is 0 Å². The molecule has 2 aromatic heterocycles. The van der Waals surface area contributed by atoms with Crippen LogP contribution >= 0.6 is 23.2 Å². The van der Waals surface area contributed by atoms with Crippen LogP contribution in [0.5, 0.6) is 0 Å². The number of ketones is 1. The molecule has 3 rings (SSSR count). The van der Waals surface area contributed by atoms with Gasteiger partial charge < -0.3 is 24.5 Å². The van der Waals surface area contributed by atoms with E-state index in [9.17, 15) is 19.5 Å². The molecule has 3 N–H and O–H groups in total. The number of H-pyrrole nitrogens is 1. The van der Waals surface area contributed by atoms with Crippen molar-refractivity contribution in [2.75, 3.05) is 37.5 Å². The first-order chi connectivity index (χ1) is 15.7. The Labute approximate surface area is 200 Å². The third kappa shape index (κ3) is 5.40. The number of carboxylic acid groups (broad SMARTS) is 1. The Hall–Kier alpha value is -2.82. The summed E-state index contributed by atoms with van der Waals surface area (Å²) < 4.78 is 10.2. The van der Waals surface area contributed by atoms with Gasteiger partial charge in [0.2, 0.25) is 0 Å². The highest BCUT2D eigenvalue weighted by molar-refractivity contribution is 6.44. The topological polar surface area (TPSA) is 134 Å². The Morgan fingerprint density at radius 2 is 2.03 bits per heavy atom. The van der Waals surface area contributed by atoms with Crippen molar-refractivity contribution in [2.45, 2.75) is 25.9 Å². The third-order valence-electron chi connectivity index (χ3n) is 5.65. The molecule has 0 aliphatic carbocycles. The van der Waals surface area contributed by atoms with Crippen LogP contribution in [0, 0.1) is 12.8 Å². The number of ether oxygens (including phenoxy) is 2. The number of halogens is 2. The number of anilines is 2. The van der Waals surface area contributed by atoms with E-state index in [0.29, 0.717) is 36.0 Å². The quantitative estimate of drug-likeness (QED) is 0.487. The molecule has 2 unspecified atom stereocenters. The van der Waals surface area contributed by atoms with Crippen LogP contribution in [-0.4, -0.2) is 66.3 Å². The zero-order chi connectivity index (χ0) is 24.3. The molecule has 178 valence electrons. The van der Waals surface area contributed by atoms with Crippen LogP contribution < -0.4 is 10.2 Å². The first-order valence-electron chi connectivity index (χ1n) is 10.1. The largest absolute Gasteiger partial charge is 0.478 e. The van der Waals surface area contributed by atoms with Crippen molar-refractivity contribution >= 4 is 52.6 Å². The van der Waals surface area contributed by atoms with Gasteiger partial charge in [-0.3, -0.25) is 10.1 Å². The van der Waals surface area contributed by atoms with Crippen LogP contribution in [0.15, 0.2) is 12.3 Å². The minimum absolute atomic E-state index is 0.0265. The van der Waals surface area contributed by atoms with Crippen molar-refractivity contribution in [3.63, 3.8) is 0 Å². The molecule has 2 aromatic rings. The molecule has 2 atom stereocenters. The summed E-state index contributed by atoms with van der Waals surface area (Å²) in [7, 11) is 2.74. The normalized spacial score (nSPS) is 18.2. The Bertz CT molecular complexity index is 1070. The fraction of sp³-hybridized carbons (Fsp3) is 0.429. The van der Waals surface area contributed by atoms with Gasteiger partial charge in [-0.05, 0) is 25.3 Å². The number of nitrogens with zero attached hydrogens (tertiary/aromatic N) is 2. The van der Waals surface area contributed by atoms with Gasteiger partial charge in [0.15, 0.2) is 5.78 Å². The van der Waals surface area contributed by atoms with Gasteiger partial charge in [-0.25, -0.2) is 14.6 Å². The average Bonchev–Trinajstić information content (AvgIpc) is 3.06. The number of piperidine rings is 1. The second kappa shape index (κ2) is 10.4. The highest BCUT2D eigenvalue weighted by Crippen LogP contribution is 2.33. The minimum atomic E-state index is -1.22. The van der Waals surface area contributed by atoms with Gasteiger partial charge in [0, 0.05) is 32.3 Å². The molecule has 1 aliphatic rings. The Kier molecular flexibility index (Phi) is 7.83. The van der Waals surface area contributed by atoms with Gasteiger partial charge in [0.05, 0.1) is 40.7 Å². The van der Waals surface area contributed by atoms with Gasteiger partial charge >= 0.3 is 12.1 Å². The molecule has 0 saturated carbocycles. The molecule has 1 fully saturated rings. The number of carbonyl (C=O) groups is 3. The van der Waals surface area contributed by atoms with Crippen LogP contribution in [0.1, 0.15) is 39.4 Å². The van der Waals surface area contributed by atoms with Gasteiger partial charge in [-0.2, -0.15) is 0 Å². The fourth-order valence-electron chi connectivity index (χ4n) is 3.83. The standard InChI is InChI=1S/C21H24Cl2N4O6/c1-10-17(22)18(23)19(25-10)14(28)6-11-4-5-27(9-15(11)32-2)16-7-12(20(29)30)13(8-24-16)26-21(31)33-3/h7-8,11,15,25H,4-6,9H2,1-3H3,(H,26,31)(H,29,30). The van der Waals surface area contributed by atoms with E-state index in [0.717, 1.165) is 0 Å². The van der Waals surface area contributed by atoms with E-state index in [-0.39, 0.29) is 46.2 Å². The average molecular weight is 499 g/mol. The maximum absolute atomic E-state index is 12.8. The van der Waals surface area contributed by atoms with Crippen molar-refractivity contribution in [3.8, 4) is 0 Å². The zero-order valence-corrected chi connectivity index (χ0v) is 19.8. The van der Waals surface area contributed by atoms with Crippen molar-refractivity contribution in [2.24, 2.45) is 5.92 Å². The predicted octanol–water partition coefficient (Wildman–Crippen LogP) is 4.02. The van der Waals surface area contributed by atoms with Gasteiger partial charge in [0.1, 0.15) is 11.5 Å². The van der Waals surface area contributed by atoms with Gasteiger partial charge in [-0.15, -0.1) is 0 Å². The lowest BCUT2D eigenvalue weighted by molar-refractivity contribution is 0.0373. The number of aromatic nitrogens is 2. The molecule has 10 nitrogen and oxygen atoms in total. The number of hydrogen-bond acceptors (Lipinski definition) is 7. The molecule has 0 aromatic carbocycles. The summed E-state index contributed by atoms with van der Waals surface area (Å²) in [6, 6.07) is 1.38. The molecule has 1 amide bonds. The van der Waals surface area contributed by atoms with Crippen LogP contribution in [0.25, 0.3) is 0 Å². The van der Waals surface area contributed by atoms with Crippen molar-refractivity contribution in [1.82, 2.24) is 9.97 Å². The number of aryl methyl sites for hydroxylation is 1.